The first-order valence-corrected chi connectivity index (χ1v) is 6.93. The zero-order valence-electron chi connectivity index (χ0n) is 12.5. The number of fused-ring (bicyclic) bond motifs is 1. The third-order valence-corrected chi connectivity index (χ3v) is 3.39. The minimum Gasteiger partial charge on any atom is -0.356 e. The van der Waals surface area contributed by atoms with Crippen molar-refractivity contribution in [3.63, 3.8) is 0 Å². The van der Waals surface area contributed by atoms with Crippen molar-refractivity contribution in [1.82, 2.24) is 14.7 Å². The van der Waals surface area contributed by atoms with E-state index in [4.69, 9.17) is 4.98 Å². The second kappa shape index (κ2) is 5.61. The normalized spacial score (nSPS) is 11.7. The number of nitrogens with zero attached hydrogens (tertiary/aromatic N) is 3. The van der Waals surface area contributed by atoms with Crippen molar-refractivity contribution in [3.8, 4) is 0 Å². The van der Waals surface area contributed by atoms with Crippen molar-refractivity contribution in [2.24, 2.45) is 0 Å². The molecule has 0 saturated carbocycles. The van der Waals surface area contributed by atoms with Gasteiger partial charge in [0, 0.05) is 31.9 Å². The molecular weight excluding hydrogens is 236 g/mol. The summed E-state index contributed by atoms with van der Waals surface area (Å²) in [5.41, 5.74) is 2.23. The van der Waals surface area contributed by atoms with Gasteiger partial charge in [-0.1, -0.05) is 19.9 Å². The Balaban J connectivity index is 2.45. The fraction of sp³-hybridized carbons (Fsp3) is 0.533. The van der Waals surface area contributed by atoms with Gasteiger partial charge in [-0.2, -0.15) is 0 Å². The predicted molar refractivity (Wildman–Crippen MR) is 80.7 cm³/mol. The number of hydrogen-bond acceptors (Lipinski definition) is 3. The minimum atomic E-state index is 0.433. The first kappa shape index (κ1) is 13.9. The number of nitrogens with one attached hydrogen (secondary N) is 1. The van der Waals surface area contributed by atoms with Crippen LogP contribution >= 0.6 is 0 Å². The molecule has 0 aliphatic heterocycles. The van der Waals surface area contributed by atoms with Gasteiger partial charge >= 0.3 is 0 Å². The molecular formula is C15H24N4. The first-order valence-electron chi connectivity index (χ1n) is 6.93. The number of pyridine rings is 1. The molecule has 2 rings (SSSR count). The third-order valence-electron chi connectivity index (χ3n) is 3.39. The van der Waals surface area contributed by atoms with Crippen LogP contribution in [0.1, 0.15) is 33.4 Å². The van der Waals surface area contributed by atoms with Crippen LogP contribution in [0.4, 0.5) is 5.82 Å². The number of aromatic nitrogens is 2. The highest BCUT2D eigenvalue weighted by molar-refractivity contribution is 5.56. The Hall–Kier alpha value is -1.55. The maximum atomic E-state index is 4.76. The average Bonchev–Trinajstić information content (AvgIpc) is 2.73. The second-order valence-electron chi connectivity index (χ2n) is 5.55. The summed E-state index contributed by atoms with van der Waals surface area (Å²) in [7, 11) is 2.10. The van der Waals surface area contributed by atoms with Gasteiger partial charge in [-0.3, -0.25) is 0 Å². The van der Waals surface area contributed by atoms with Gasteiger partial charge in [0.25, 0.3) is 0 Å². The lowest BCUT2D eigenvalue weighted by molar-refractivity contribution is 0.577. The fourth-order valence-corrected chi connectivity index (χ4v) is 2.03. The molecule has 0 unspecified atom stereocenters. The van der Waals surface area contributed by atoms with E-state index >= 15 is 0 Å². The van der Waals surface area contributed by atoms with Crippen LogP contribution in [0, 0.1) is 0 Å². The van der Waals surface area contributed by atoms with Gasteiger partial charge in [-0.05, 0) is 26.0 Å². The molecule has 0 bridgehead atoms. The highest BCUT2D eigenvalue weighted by Gasteiger charge is 2.17. The highest BCUT2D eigenvalue weighted by Crippen LogP contribution is 2.22. The zero-order chi connectivity index (χ0) is 14.0. The van der Waals surface area contributed by atoms with E-state index in [2.05, 4.69) is 61.6 Å². The Kier molecular flexibility index (Phi) is 4.10. The molecule has 0 spiro atoms. The van der Waals surface area contributed by atoms with Crippen molar-refractivity contribution in [2.75, 3.05) is 11.9 Å². The number of anilines is 1. The van der Waals surface area contributed by atoms with E-state index in [0.717, 1.165) is 18.0 Å². The fourth-order valence-electron chi connectivity index (χ4n) is 2.03. The van der Waals surface area contributed by atoms with Gasteiger partial charge in [0.05, 0.1) is 5.69 Å². The van der Waals surface area contributed by atoms with E-state index < -0.39 is 0 Å². The Morgan fingerprint density at radius 1 is 1.26 bits per heavy atom. The molecule has 19 heavy (non-hydrogen) atoms. The molecule has 0 radical (unpaired) electrons. The first-order chi connectivity index (χ1) is 9.00. The number of imidazole rings is 1. The summed E-state index contributed by atoms with van der Waals surface area (Å²) in [5, 5.41) is 3.49. The summed E-state index contributed by atoms with van der Waals surface area (Å²) in [4.78, 5) is 6.99. The largest absolute Gasteiger partial charge is 0.356 e. The molecule has 0 saturated heterocycles. The van der Waals surface area contributed by atoms with Gasteiger partial charge < -0.3 is 14.6 Å². The molecule has 0 fully saturated rings. The van der Waals surface area contributed by atoms with Crippen LogP contribution < -0.4 is 10.2 Å². The highest BCUT2D eigenvalue weighted by atomic mass is 15.2. The summed E-state index contributed by atoms with van der Waals surface area (Å²) >= 11 is 0. The molecule has 0 aliphatic rings. The van der Waals surface area contributed by atoms with E-state index in [-0.39, 0.29) is 0 Å². The van der Waals surface area contributed by atoms with Crippen LogP contribution in [0.3, 0.4) is 0 Å². The summed E-state index contributed by atoms with van der Waals surface area (Å²) in [6, 6.07) is 7.03. The van der Waals surface area contributed by atoms with E-state index in [1.165, 1.54) is 5.69 Å². The average molecular weight is 260 g/mol. The Morgan fingerprint density at radius 2 is 2.00 bits per heavy atom. The lowest BCUT2D eigenvalue weighted by Crippen LogP contribution is -2.29. The van der Waals surface area contributed by atoms with Crippen molar-refractivity contribution in [3.05, 3.63) is 30.1 Å². The van der Waals surface area contributed by atoms with Crippen molar-refractivity contribution in [1.29, 1.82) is 0 Å². The third kappa shape index (κ3) is 2.89. The van der Waals surface area contributed by atoms with E-state index in [0.29, 0.717) is 12.1 Å². The van der Waals surface area contributed by atoms with Crippen molar-refractivity contribution >= 4 is 11.5 Å². The molecule has 2 aromatic rings. The van der Waals surface area contributed by atoms with Gasteiger partial charge in [0.2, 0.25) is 0 Å². The summed E-state index contributed by atoms with van der Waals surface area (Å²) in [6.07, 6.45) is 2.08. The number of rotatable bonds is 5. The lowest BCUT2D eigenvalue weighted by Gasteiger charge is -2.23. The standard InChI is InChI=1S/C15H24N4/c1-11(2)16-10-13-15(18(5)12(3)4)17-14-8-6-7-9-19(13)14/h6-9,11-12,16H,10H2,1-5H3. The lowest BCUT2D eigenvalue weighted by atomic mass is 10.3. The van der Waals surface area contributed by atoms with Crippen molar-refractivity contribution in [2.45, 2.75) is 46.3 Å². The minimum absolute atomic E-state index is 0.433. The topological polar surface area (TPSA) is 32.6 Å². The quantitative estimate of drug-likeness (QED) is 0.897. The molecule has 1 N–H and O–H groups in total. The van der Waals surface area contributed by atoms with Gasteiger partial charge in [0.15, 0.2) is 5.82 Å². The Bertz CT molecular complexity index is 542. The molecule has 2 heterocycles. The molecule has 104 valence electrons. The number of hydrogen-bond donors (Lipinski definition) is 1. The van der Waals surface area contributed by atoms with E-state index in [1.807, 2.05) is 12.1 Å². The molecule has 0 aromatic carbocycles. The SMILES string of the molecule is CC(C)NCc1c(N(C)C(C)C)nc2ccccn12. The summed E-state index contributed by atoms with van der Waals surface area (Å²) in [5.74, 6) is 1.06. The smallest absolute Gasteiger partial charge is 0.152 e. The second-order valence-corrected chi connectivity index (χ2v) is 5.55. The zero-order valence-corrected chi connectivity index (χ0v) is 12.5. The molecule has 0 aliphatic carbocycles. The van der Waals surface area contributed by atoms with Crippen molar-refractivity contribution < 1.29 is 0 Å². The van der Waals surface area contributed by atoms with Crippen LogP contribution in [-0.4, -0.2) is 28.5 Å². The van der Waals surface area contributed by atoms with E-state index in [9.17, 15) is 0 Å². The summed E-state index contributed by atoms with van der Waals surface area (Å²) < 4.78 is 2.17. The van der Waals surface area contributed by atoms with E-state index in [1.54, 1.807) is 0 Å². The van der Waals surface area contributed by atoms with Crippen LogP contribution in [0.2, 0.25) is 0 Å². The van der Waals surface area contributed by atoms with Crippen LogP contribution in [-0.2, 0) is 6.54 Å². The maximum absolute atomic E-state index is 4.76. The molecule has 0 atom stereocenters. The Morgan fingerprint density at radius 3 is 2.63 bits per heavy atom. The monoisotopic (exact) mass is 260 g/mol. The molecule has 2 aromatic heterocycles. The Labute approximate surface area is 115 Å². The maximum Gasteiger partial charge on any atom is 0.152 e. The van der Waals surface area contributed by atoms with Crippen LogP contribution in [0.5, 0.6) is 0 Å². The molecule has 0 amide bonds. The van der Waals surface area contributed by atoms with Crippen LogP contribution in [0.15, 0.2) is 24.4 Å². The van der Waals surface area contributed by atoms with Gasteiger partial charge in [0.1, 0.15) is 5.65 Å². The predicted octanol–water partition coefficient (Wildman–Crippen LogP) is 2.68. The van der Waals surface area contributed by atoms with Crippen LogP contribution in [0.25, 0.3) is 5.65 Å². The van der Waals surface area contributed by atoms with Gasteiger partial charge in [-0.15, -0.1) is 0 Å². The van der Waals surface area contributed by atoms with Gasteiger partial charge in [-0.25, -0.2) is 4.98 Å². The summed E-state index contributed by atoms with van der Waals surface area (Å²) in [6.45, 7) is 9.52. The molecule has 4 nitrogen and oxygen atoms in total. The molecule has 4 heteroatoms.